The summed E-state index contributed by atoms with van der Waals surface area (Å²) in [6.07, 6.45) is 0.491. The molecule has 2 aromatic carbocycles. The van der Waals surface area contributed by atoms with Crippen molar-refractivity contribution in [2.45, 2.75) is 20.3 Å². The Morgan fingerprint density at radius 2 is 1.67 bits per heavy atom. The molecule has 33 heavy (non-hydrogen) atoms. The van der Waals surface area contributed by atoms with Crippen molar-refractivity contribution in [1.29, 1.82) is 0 Å². The second kappa shape index (κ2) is 9.23. The summed E-state index contributed by atoms with van der Waals surface area (Å²) in [7, 11) is 3.18. The first-order valence-electron chi connectivity index (χ1n) is 11.0. The molecule has 0 unspecified atom stereocenters. The normalized spacial score (nSPS) is 18.1. The fourth-order valence-electron chi connectivity index (χ4n) is 4.03. The van der Waals surface area contributed by atoms with Crippen molar-refractivity contribution in [3.63, 3.8) is 0 Å². The van der Waals surface area contributed by atoms with Crippen LogP contribution in [0.4, 0.5) is 5.69 Å². The van der Waals surface area contributed by atoms with Crippen molar-refractivity contribution in [2.24, 2.45) is 10.5 Å². The maximum atomic E-state index is 13.2. The van der Waals surface area contributed by atoms with Crippen molar-refractivity contribution < 1.29 is 23.8 Å². The first kappa shape index (κ1) is 22.8. The van der Waals surface area contributed by atoms with Crippen molar-refractivity contribution >= 4 is 23.2 Å². The fourth-order valence-corrected chi connectivity index (χ4v) is 4.03. The lowest BCUT2D eigenvalue weighted by atomic mass is 9.82. The van der Waals surface area contributed by atoms with Gasteiger partial charge in [0.2, 0.25) is 0 Å². The number of anilines is 1. The number of carbonyl (C=O) groups excluding carboxylic acids is 2. The predicted octanol–water partition coefficient (Wildman–Crippen LogP) is 3.34. The fraction of sp³-hybridized carbons (Fsp3) is 0.400. The van der Waals surface area contributed by atoms with E-state index in [4.69, 9.17) is 14.2 Å². The molecular formula is C25H29N3O5. The summed E-state index contributed by atoms with van der Waals surface area (Å²) < 4.78 is 16.1. The molecule has 1 fully saturated rings. The molecule has 0 aliphatic carbocycles. The van der Waals surface area contributed by atoms with Crippen molar-refractivity contribution in [1.82, 2.24) is 4.90 Å². The first-order chi connectivity index (χ1) is 15.8. The largest absolute Gasteiger partial charge is 0.493 e. The minimum Gasteiger partial charge on any atom is -0.493 e. The van der Waals surface area contributed by atoms with Gasteiger partial charge in [-0.15, -0.1) is 0 Å². The average Bonchev–Trinajstić information content (AvgIpc) is 2.85. The summed E-state index contributed by atoms with van der Waals surface area (Å²) in [5.41, 5.74) is 2.18. The smallest absolute Gasteiger partial charge is 0.254 e. The number of ether oxygens (including phenoxy) is 3. The second-order valence-corrected chi connectivity index (χ2v) is 8.75. The Hall–Kier alpha value is -3.39. The third-order valence-electron chi connectivity index (χ3n) is 5.98. The van der Waals surface area contributed by atoms with E-state index in [9.17, 15) is 9.59 Å². The van der Waals surface area contributed by atoms with Crippen LogP contribution in [-0.2, 0) is 9.53 Å². The number of hydrogen-bond donors (Lipinski definition) is 0. The molecule has 1 saturated heterocycles. The standard InChI is InChI=1S/C25H29N3O5/c1-25(2)16-20(18-7-10-21(31-3)22(15-18)32-4)26-28(24(25)30)19-8-5-17(6-9-19)23(29)27-11-13-33-14-12-27/h5-10,15H,11-14,16H2,1-4H3. The predicted molar refractivity (Wildman–Crippen MR) is 125 cm³/mol. The Bertz CT molecular complexity index is 1070. The Morgan fingerprint density at radius 1 is 1.00 bits per heavy atom. The summed E-state index contributed by atoms with van der Waals surface area (Å²) in [5, 5.41) is 6.12. The van der Waals surface area contributed by atoms with Gasteiger partial charge in [-0.25, -0.2) is 5.01 Å². The molecular weight excluding hydrogens is 422 g/mol. The topological polar surface area (TPSA) is 80.7 Å². The third-order valence-corrected chi connectivity index (χ3v) is 5.98. The van der Waals surface area contributed by atoms with E-state index in [0.717, 1.165) is 11.3 Å². The molecule has 2 amide bonds. The zero-order chi connectivity index (χ0) is 23.6. The van der Waals surface area contributed by atoms with Crippen LogP contribution in [-0.4, -0.2) is 62.9 Å². The summed E-state index contributed by atoms with van der Waals surface area (Å²) >= 11 is 0. The molecule has 0 spiro atoms. The number of morpholine rings is 1. The molecule has 2 aliphatic heterocycles. The molecule has 2 aliphatic rings. The number of nitrogens with zero attached hydrogens (tertiary/aromatic N) is 3. The third kappa shape index (κ3) is 4.57. The molecule has 174 valence electrons. The van der Waals surface area contributed by atoms with Crippen LogP contribution in [0.2, 0.25) is 0 Å². The summed E-state index contributed by atoms with van der Waals surface area (Å²) in [4.78, 5) is 27.7. The molecule has 8 nitrogen and oxygen atoms in total. The van der Waals surface area contributed by atoms with Gasteiger partial charge in [0.25, 0.3) is 11.8 Å². The van der Waals surface area contributed by atoms with Crippen LogP contribution >= 0.6 is 0 Å². The van der Waals surface area contributed by atoms with E-state index in [-0.39, 0.29) is 11.8 Å². The number of hydrazone groups is 1. The van der Waals surface area contributed by atoms with Gasteiger partial charge in [-0.3, -0.25) is 9.59 Å². The van der Waals surface area contributed by atoms with Gasteiger partial charge in [0, 0.05) is 30.6 Å². The van der Waals surface area contributed by atoms with Gasteiger partial charge in [-0.1, -0.05) is 13.8 Å². The van der Waals surface area contributed by atoms with Crippen LogP contribution in [0.15, 0.2) is 47.6 Å². The highest BCUT2D eigenvalue weighted by Crippen LogP contribution is 2.36. The number of carbonyl (C=O) groups is 2. The van der Waals surface area contributed by atoms with Gasteiger partial charge in [-0.05, 0) is 42.5 Å². The van der Waals surface area contributed by atoms with Crippen LogP contribution in [0.3, 0.4) is 0 Å². The minimum atomic E-state index is -0.646. The van der Waals surface area contributed by atoms with Gasteiger partial charge >= 0.3 is 0 Å². The van der Waals surface area contributed by atoms with Gasteiger partial charge in [-0.2, -0.15) is 5.10 Å². The van der Waals surface area contributed by atoms with Crippen LogP contribution in [0.25, 0.3) is 0 Å². The highest BCUT2D eigenvalue weighted by Gasteiger charge is 2.39. The Morgan fingerprint density at radius 3 is 2.30 bits per heavy atom. The molecule has 0 radical (unpaired) electrons. The van der Waals surface area contributed by atoms with E-state index >= 15 is 0 Å². The highest BCUT2D eigenvalue weighted by molar-refractivity contribution is 6.11. The summed E-state index contributed by atoms with van der Waals surface area (Å²) in [5.74, 6) is 1.10. The lowest BCUT2D eigenvalue weighted by molar-refractivity contribution is -0.126. The molecule has 8 heteroatoms. The maximum absolute atomic E-state index is 13.2. The van der Waals surface area contributed by atoms with E-state index in [0.29, 0.717) is 55.5 Å². The molecule has 4 rings (SSSR count). The van der Waals surface area contributed by atoms with Crippen LogP contribution in [0.1, 0.15) is 36.2 Å². The van der Waals surface area contributed by atoms with E-state index in [2.05, 4.69) is 5.10 Å². The Balaban J connectivity index is 1.64. The zero-order valence-corrected chi connectivity index (χ0v) is 19.5. The Kier molecular flexibility index (Phi) is 6.37. The van der Waals surface area contributed by atoms with Crippen molar-refractivity contribution in [2.75, 3.05) is 45.5 Å². The lowest BCUT2D eigenvalue weighted by Crippen LogP contribution is -2.44. The molecule has 0 atom stereocenters. The molecule has 0 N–H and O–H groups in total. The minimum absolute atomic E-state index is 0.0373. The van der Waals surface area contributed by atoms with Crippen molar-refractivity contribution in [3.05, 3.63) is 53.6 Å². The van der Waals surface area contributed by atoms with Crippen LogP contribution < -0.4 is 14.5 Å². The van der Waals surface area contributed by atoms with Gasteiger partial charge in [0.15, 0.2) is 11.5 Å². The van der Waals surface area contributed by atoms with E-state index in [1.54, 1.807) is 43.4 Å². The summed E-state index contributed by atoms with van der Waals surface area (Å²) in [6.45, 7) is 6.09. The number of hydrogen-bond acceptors (Lipinski definition) is 6. The number of benzene rings is 2. The number of methoxy groups -OCH3 is 2. The second-order valence-electron chi connectivity index (χ2n) is 8.75. The molecule has 2 heterocycles. The van der Waals surface area contributed by atoms with Crippen LogP contribution in [0, 0.1) is 5.41 Å². The molecule has 0 saturated carbocycles. The quantitative estimate of drug-likeness (QED) is 0.697. The summed E-state index contributed by atoms with van der Waals surface area (Å²) in [6, 6.07) is 12.6. The van der Waals surface area contributed by atoms with Gasteiger partial charge < -0.3 is 19.1 Å². The first-order valence-corrected chi connectivity index (χ1v) is 11.0. The van der Waals surface area contributed by atoms with E-state index < -0.39 is 5.41 Å². The maximum Gasteiger partial charge on any atom is 0.254 e. The molecule has 2 aromatic rings. The Labute approximate surface area is 193 Å². The van der Waals surface area contributed by atoms with Crippen molar-refractivity contribution in [3.8, 4) is 11.5 Å². The SMILES string of the molecule is COc1ccc(C2=NN(c3ccc(C(=O)N4CCOCC4)cc3)C(=O)C(C)(C)C2)cc1OC. The van der Waals surface area contributed by atoms with Gasteiger partial charge in [0.05, 0.1) is 44.2 Å². The molecule has 0 aromatic heterocycles. The highest BCUT2D eigenvalue weighted by atomic mass is 16.5. The van der Waals surface area contributed by atoms with Gasteiger partial charge in [0.1, 0.15) is 0 Å². The number of rotatable bonds is 5. The average molecular weight is 452 g/mol. The van der Waals surface area contributed by atoms with E-state index in [1.807, 2.05) is 32.0 Å². The van der Waals surface area contributed by atoms with E-state index in [1.165, 1.54) is 5.01 Å². The zero-order valence-electron chi connectivity index (χ0n) is 19.5. The molecule has 0 bridgehead atoms. The lowest BCUT2D eigenvalue weighted by Gasteiger charge is -2.34. The van der Waals surface area contributed by atoms with Crippen LogP contribution in [0.5, 0.6) is 11.5 Å². The monoisotopic (exact) mass is 451 g/mol. The number of amides is 2.